The Morgan fingerprint density at radius 2 is 1.32 bits per heavy atom. The highest BCUT2D eigenvalue weighted by Crippen LogP contribution is 2.21. The predicted octanol–water partition coefficient (Wildman–Crippen LogP) is 4.93. The number of sulfonamides is 1. The van der Waals surface area contributed by atoms with Gasteiger partial charge in [-0.15, -0.1) is 0 Å². The minimum Gasteiger partial charge on any atom is -0.354 e. The summed E-state index contributed by atoms with van der Waals surface area (Å²) < 4.78 is 27.0. The Balaban J connectivity index is 1.71. The molecule has 1 heterocycles. The zero-order chi connectivity index (χ0) is 17.9. The molecule has 0 radical (unpaired) electrons. The highest BCUT2D eigenvalue weighted by atomic mass is 35.5. The molecule has 0 aliphatic carbocycles. The SMILES string of the molecule is O=S(=O)(Nc1ccc(Nc2ccc(Cl)cc2)cn1)c1ccc(Cl)cc1. The maximum Gasteiger partial charge on any atom is 0.263 e. The number of hydrogen-bond donors (Lipinski definition) is 2. The van der Waals surface area contributed by atoms with Crippen molar-refractivity contribution < 1.29 is 8.42 Å². The van der Waals surface area contributed by atoms with E-state index in [1.807, 2.05) is 12.1 Å². The van der Waals surface area contributed by atoms with E-state index in [2.05, 4.69) is 15.0 Å². The molecule has 0 amide bonds. The van der Waals surface area contributed by atoms with Crippen LogP contribution in [0.3, 0.4) is 0 Å². The van der Waals surface area contributed by atoms with E-state index in [-0.39, 0.29) is 10.7 Å². The molecule has 128 valence electrons. The lowest BCUT2D eigenvalue weighted by atomic mass is 10.3. The molecule has 5 nitrogen and oxygen atoms in total. The lowest BCUT2D eigenvalue weighted by molar-refractivity contribution is 0.601. The molecule has 0 aliphatic rings. The highest BCUT2D eigenvalue weighted by molar-refractivity contribution is 7.92. The normalized spacial score (nSPS) is 11.1. The van der Waals surface area contributed by atoms with Crippen LogP contribution in [0.15, 0.2) is 71.8 Å². The van der Waals surface area contributed by atoms with Gasteiger partial charge in [0.15, 0.2) is 0 Å². The van der Waals surface area contributed by atoms with E-state index in [1.165, 1.54) is 30.5 Å². The third-order valence-electron chi connectivity index (χ3n) is 3.26. The zero-order valence-electron chi connectivity index (χ0n) is 12.8. The summed E-state index contributed by atoms with van der Waals surface area (Å²) in [6.45, 7) is 0. The van der Waals surface area contributed by atoms with Crippen LogP contribution in [0.25, 0.3) is 0 Å². The lowest BCUT2D eigenvalue weighted by Crippen LogP contribution is -2.13. The molecular formula is C17H13Cl2N3O2S. The Morgan fingerprint density at radius 3 is 1.88 bits per heavy atom. The van der Waals surface area contributed by atoms with Gasteiger partial charge in [0.25, 0.3) is 10.0 Å². The third-order valence-corrected chi connectivity index (χ3v) is 5.13. The summed E-state index contributed by atoms with van der Waals surface area (Å²) in [5.74, 6) is 0.219. The summed E-state index contributed by atoms with van der Waals surface area (Å²) >= 11 is 11.6. The van der Waals surface area contributed by atoms with E-state index in [0.29, 0.717) is 10.0 Å². The number of aromatic nitrogens is 1. The quantitative estimate of drug-likeness (QED) is 0.644. The molecule has 0 unspecified atom stereocenters. The second kappa shape index (κ2) is 7.31. The smallest absolute Gasteiger partial charge is 0.263 e. The van der Waals surface area contributed by atoms with E-state index in [1.54, 1.807) is 24.3 Å². The predicted molar refractivity (Wildman–Crippen MR) is 101 cm³/mol. The van der Waals surface area contributed by atoms with Crippen molar-refractivity contribution in [1.82, 2.24) is 4.98 Å². The van der Waals surface area contributed by atoms with Crippen molar-refractivity contribution >= 4 is 50.4 Å². The second-order valence-corrected chi connectivity index (χ2v) is 7.68. The van der Waals surface area contributed by atoms with Gasteiger partial charge in [-0.05, 0) is 60.7 Å². The van der Waals surface area contributed by atoms with E-state index < -0.39 is 10.0 Å². The molecule has 2 N–H and O–H groups in total. The molecule has 0 fully saturated rings. The molecule has 2 aromatic carbocycles. The first-order chi connectivity index (χ1) is 11.9. The minimum atomic E-state index is -3.71. The third kappa shape index (κ3) is 4.63. The van der Waals surface area contributed by atoms with Gasteiger partial charge < -0.3 is 5.32 Å². The summed E-state index contributed by atoms with van der Waals surface area (Å²) in [5.41, 5.74) is 1.57. The number of hydrogen-bond acceptors (Lipinski definition) is 4. The summed E-state index contributed by atoms with van der Waals surface area (Å²) in [6, 6.07) is 16.4. The first kappa shape index (κ1) is 17.5. The topological polar surface area (TPSA) is 71.1 Å². The van der Waals surface area contributed by atoms with E-state index in [9.17, 15) is 8.42 Å². The second-order valence-electron chi connectivity index (χ2n) is 5.12. The van der Waals surface area contributed by atoms with Gasteiger partial charge in [-0.25, -0.2) is 13.4 Å². The van der Waals surface area contributed by atoms with Gasteiger partial charge in [-0.1, -0.05) is 23.2 Å². The standard InChI is InChI=1S/C17H13Cl2N3O2S/c18-12-1-5-14(6-2-12)21-15-7-10-17(20-11-15)22-25(23,24)16-8-3-13(19)4-9-16/h1-11,21H,(H,20,22). The number of nitrogens with one attached hydrogen (secondary N) is 2. The summed E-state index contributed by atoms with van der Waals surface area (Å²) in [7, 11) is -3.71. The average molecular weight is 394 g/mol. The Morgan fingerprint density at radius 1 is 0.760 bits per heavy atom. The van der Waals surface area contributed by atoms with Gasteiger partial charge in [0.2, 0.25) is 0 Å². The Kier molecular flexibility index (Phi) is 5.13. The minimum absolute atomic E-state index is 0.113. The Bertz CT molecular complexity index is 958. The van der Waals surface area contributed by atoms with Gasteiger partial charge in [0.1, 0.15) is 5.82 Å². The van der Waals surface area contributed by atoms with Crippen LogP contribution in [0, 0.1) is 0 Å². The fraction of sp³-hybridized carbons (Fsp3) is 0. The molecular weight excluding hydrogens is 381 g/mol. The molecule has 0 bridgehead atoms. The van der Waals surface area contributed by atoms with Gasteiger partial charge in [0.05, 0.1) is 16.8 Å². The maximum absolute atomic E-state index is 12.3. The fourth-order valence-electron chi connectivity index (χ4n) is 2.04. The molecule has 0 saturated heterocycles. The van der Waals surface area contributed by atoms with Gasteiger partial charge in [-0.2, -0.15) is 0 Å². The summed E-state index contributed by atoms with van der Waals surface area (Å²) in [4.78, 5) is 4.23. The van der Waals surface area contributed by atoms with Crippen molar-refractivity contribution in [3.63, 3.8) is 0 Å². The van der Waals surface area contributed by atoms with Crippen LogP contribution < -0.4 is 10.0 Å². The van der Waals surface area contributed by atoms with Crippen molar-refractivity contribution in [1.29, 1.82) is 0 Å². The van der Waals surface area contributed by atoms with Crippen LogP contribution in [-0.2, 0) is 10.0 Å². The molecule has 0 aliphatic heterocycles. The number of nitrogens with zero attached hydrogens (tertiary/aromatic N) is 1. The van der Waals surface area contributed by atoms with Gasteiger partial charge in [0, 0.05) is 15.7 Å². The van der Waals surface area contributed by atoms with E-state index >= 15 is 0 Å². The van der Waals surface area contributed by atoms with Crippen molar-refractivity contribution in [2.45, 2.75) is 4.90 Å². The highest BCUT2D eigenvalue weighted by Gasteiger charge is 2.14. The molecule has 3 aromatic rings. The lowest BCUT2D eigenvalue weighted by Gasteiger charge is -2.09. The van der Waals surface area contributed by atoms with Gasteiger partial charge in [-0.3, -0.25) is 4.72 Å². The number of pyridine rings is 1. The van der Waals surface area contributed by atoms with E-state index in [4.69, 9.17) is 23.2 Å². The maximum atomic E-state index is 12.3. The fourth-order valence-corrected chi connectivity index (χ4v) is 3.30. The number of anilines is 3. The van der Waals surface area contributed by atoms with Crippen molar-refractivity contribution in [2.75, 3.05) is 10.0 Å². The largest absolute Gasteiger partial charge is 0.354 e. The van der Waals surface area contributed by atoms with Crippen LogP contribution in [0.5, 0.6) is 0 Å². The molecule has 3 rings (SSSR count). The van der Waals surface area contributed by atoms with Crippen LogP contribution in [0.1, 0.15) is 0 Å². The van der Waals surface area contributed by atoms with Crippen LogP contribution in [0.4, 0.5) is 17.2 Å². The molecule has 25 heavy (non-hydrogen) atoms. The first-order valence-electron chi connectivity index (χ1n) is 7.19. The Labute approximate surface area is 155 Å². The van der Waals surface area contributed by atoms with Gasteiger partial charge >= 0.3 is 0 Å². The number of benzene rings is 2. The van der Waals surface area contributed by atoms with Crippen LogP contribution in [-0.4, -0.2) is 13.4 Å². The molecule has 1 aromatic heterocycles. The first-order valence-corrected chi connectivity index (χ1v) is 9.43. The molecule has 0 atom stereocenters. The van der Waals surface area contributed by atoms with Crippen LogP contribution in [0.2, 0.25) is 10.0 Å². The monoisotopic (exact) mass is 393 g/mol. The molecule has 0 spiro atoms. The summed E-state index contributed by atoms with van der Waals surface area (Å²) in [5, 5.41) is 4.26. The van der Waals surface area contributed by atoms with E-state index in [0.717, 1.165) is 11.4 Å². The van der Waals surface area contributed by atoms with Crippen molar-refractivity contribution in [2.24, 2.45) is 0 Å². The average Bonchev–Trinajstić information content (AvgIpc) is 2.59. The Hall–Kier alpha value is -2.28. The number of halogens is 2. The van der Waals surface area contributed by atoms with Crippen LogP contribution >= 0.6 is 23.2 Å². The number of rotatable bonds is 5. The van der Waals surface area contributed by atoms with Crippen molar-refractivity contribution in [3.05, 3.63) is 76.9 Å². The summed E-state index contributed by atoms with van der Waals surface area (Å²) in [6.07, 6.45) is 1.54. The molecule has 8 heteroatoms. The molecule has 0 saturated carbocycles. The zero-order valence-corrected chi connectivity index (χ0v) is 15.1. The van der Waals surface area contributed by atoms with Crippen molar-refractivity contribution in [3.8, 4) is 0 Å².